The van der Waals surface area contributed by atoms with Crippen LogP contribution in [0.25, 0.3) is 0 Å². The second-order valence-electron chi connectivity index (χ2n) is 4.34. The molecular weight excluding hydrogens is 272 g/mol. The Kier molecular flexibility index (Phi) is 5.57. The largest absolute Gasteiger partial charge is 0.481 e. The van der Waals surface area contributed by atoms with Crippen molar-refractivity contribution in [1.82, 2.24) is 0 Å². The molecule has 0 radical (unpaired) electrons. The van der Waals surface area contributed by atoms with E-state index in [4.69, 9.17) is 16.7 Å². The first kappa shape index (κ1) is 15.2. The third-order valence-electron chi connectivity index (χ3n) is 2.65. The minimum Gasteiger partial charge on any atom is -0.481 e. The lowest BCUT2D eigenvalue weighted by Gasteiger charge is -2.12. The van der Waals surface area contributed by atoms with Crippen molar-refractivity contribution in [2.45, 2.75) is 19.8 Å². The molecule has 19 heavy (non-hydrogen) atoms. The number of nitrogens with one attached hydrogen (secondary N) is 1. The zero-order chi connectivity index (χ0) is 14.4. The molecular formula is C12H15ClN2O4. The van der Waals surface area contributed by atoms with Crippen LogP contribution in [-0.2, 0) is 4.79 Å². The minimum absolute atomic E-state index is 0.0464. The smallest absolute Gasteiger partial charge is 0.303 e. The first-order valence-electron chi connectivity index (χ1n) is 5.79. The van der Waals surface area contributed by atoms with Crippen molar-refractivity contribution in [3.8, 4) is 0 Å². The topological polar surface area (TPSA) is 92.5 Å². The van der Waals surface area contributed by atoms with E-state index in [1.54, 1.807) is 0 Å². The van der Waals surface area contributed by atoms with Crippen molar-refractivity contribution >= 4 is 28.9 Å². The van der Waals surface area contributed by atoms with E-state index in [0.29, 0.717) is 23.7 Å². The van der Waals surface area contributed by atoms with Crippen LogP contribution in [0.5, 0.6) is 0 Å². The number of anilines is 1. The van der Waals surface area contributed by atoms with E-state index in [9.17, 15) is 14.9 Å². The van der Waals surface area contributed by atoms with E-state index in [1.807, 2.05) is 6.92 Å². The van der Waals surface area contributed by atoms with Gasteiger partial charge in [0.2, 0.25) is 0 Å². The summed E-state index contributed by atoms with van der Waals surface area (Å²) in [5, 5.41) is 22.8. The number of rotatable bonds is 7. The highest BCUT2D eigenvalue weighted by Crippen LogP contribution is 2.27. The maximum atomic E-state index is 10.8. The van der Waals surface area contributed by atoms with Crippen LogP contribution in [-0.4, -0.2) is 22.5 Å². The molecule has 2 N–H and O–H groups in total. The molecule has 1 aromatic carbocycles. The van der Waals surface area contributed by atoms with Gasteiger partial charge in [0.15, 0.2) is 0 Å². The maximum absolute atomic E-state index is 10.8. The molecule has 0 fully saturated rings. The van der Waals surface area contributed by atoms with Gasteiger partial charge in [0.1, 0.15) is 5.69 Å². The normalized spacial score (nSPS) is 11.9. The Labute approximate surface area is 115 Å². The fraction of sp³-hybridized carbons (Fsp3) is 0.417. The Hall–Kier alpha value is -1.82. The number of carbonyl (C=O) groups is 1. The number of carboxylic acids is 1. The Morgan fingerprint density at radius 2 is 2.26 bits per heavy atom. The molecule has 1 rings (SSSR count). The molecule has 0 aliphatic carbocycles. The van der Waals surface area contributed by atoms with Crippen LogP contribution < -0.4 is 5.32 Å². The van der Waals surface area contributed by atoms with Gasteiger partial charge in [-0.05, 0) is 24.5 Å². The quantitative estimate of drug-likeness (QED) is 0.593. The van der Waals surface area contributed by atoms with Crippen molar-refractivity contribution in [3.05, 3.63) is 33.3 Å². The number of aliphatic carboxylic acids is 1. The Bertz CT molecular complexity index is 479. The van der Waals surface area contributed by atoms with Gasteiger partial charge in [0.25, 0.3) is 5.69 Å². The van der Waals surface area contributed by atoms with E-state index in [0.717, 1.165) is 0 Å². The summed E-state index contributed by atoms with van der Waals surface area (Å²) in [6.45, 7) is 2.33. The van der Waals surface area contributed by atoms with Gasteiger partial charge in [-0.1, -0.05) is 18.5 Å². The van der Waals surface area contributed by atoms with Crippen LogP contribution in [0.4, 0.5) is 11.4 Å². The zero-order valence-corrected chi connectivity index (χ0v) is 11.2. The Morgan fingerprint density at radius 3 is 2.84 bits per heavy atom. The van der Waals surface area contributed by atoms with Crippen molar-refractivity contribution < 1.29 is 14.8 Å². The molecule has 1 atom stereocenters. The van der Waals surface area contributed by atoms with Crippen LogP contribution in [0.2, 0.25) is 5.02 Å². The lowest BCUT2D eigenvalue weighted by Crippen LogP contribution is -2.13. The third-order valence-corrected chi connectivity index (χ3v) is 2.88. The van der Waals surface area contributed by atoms with Crippen LogP contribution >= 0.6 is 11.6 Å². The Morgan fingerprint density at radius 1 is 1.58 bits per heavy atom. The molecule has 0 bridgehead atoms. The fourth-order valence-corrected chi connectivity index (χ4v) is 1.74. The molecule has 0 aliphatic heterocycles. The number of benzene rings is 1. The van der Waals surface area contributed by atoms with Gasteiger partial charge in [0, 0.05) is 24.1 Å². The number of nitro groups is 1. The Balaban J connectivity index is 2.63. The van der Waals surface area contributed by atoms with E-state index in [-0.39, 0.29) is 18.0 Å². The standard InChI is InChI=1S/C12H15ClN2O4/c1-8(2-5-12(16)17)7-14-10-6-9(13)3-4-11(10)15(18)19/h3-4,6,8,14H,2,5,7H2,1H3,(H,16,17). The maximum Gasteiger partial charge on any atom is 0.303 e. The van der Waals surface area contributed by atoms with Crippen LogP contribution in [0, 0.1) is 16.0 Å². The van der Waals surface area contributed by atoms with Gasteiger partial charge in [-0.2, -0.15) is 0 Å². The first-order valence-corrected chi connectivity index (χ1v) is 6.17. The average Bonchev–Trinajstić information content (AvgIpc) is 2.33. The fourth-order valence-electron chi connectivity index (χ4n) is 1.57. The van der Waals surface area contributed by atoms with E-state index >= 15 is 0 Å². The van der Waals surface area contributed by atoms with Gasteiger partial charge in [-0.3, -0.25) is 14.9 Å². The van der Waals surface area contributed by atoms with Crippen LogP contribution in [0.1, 0.15) is 19.8 Å². The predicted molar refractivity (Wildman–Crippen MR) is 72.6 cm³/mol. The summed E-state index contributed by atoms with van der Waals surface area (Å²) >= 11 is 5.80. The van der Waals surface area contributed by atoms with E-state index in [1.165, 1.54) is 18.2 Å². The molecule has 0 amide bonds. The van der Waals surface area contributed by atoms with E-state index in [2.05, 4.69) is 5.32 Å². The van der Waals surface area contributed by atoms with Gasteiger partial charge in [0.05, 0.1) is 4.92 Å². The summed E-state index contributed by atoms with van der Waals surface area (Å²) in [6.07, 6.45) is 0.594. The van der Waals surface area contributed by atoms with E-state index < -0.39 is 10.9 Å². The third kappa shape index (κ3) is 5.13. The molecule has 1 aromatic rings. The molecule has 0 saturated heterocycles. The number of nitrogens with zero attached hydrogens (tertiary/aromatic N) is 1. The van der Waals surface area contributed by atoms with Gasteiger partial charge in [-0.15, -0.1) is 0 Å². The lowest BCUT2D eigenvalue weighted by molar-refractivity contribution is -0.384. The predicted octanol–water partition coefficient (Wildman–Crippen LogP) is 3.16. The average molecular weight is 287 g/mol. The number of hydrogen-bond acceptors (Lipinski definition) is 4. The SMILES string of the molecule is CC(CCC(=O)O)CNc1cc(Cl)ccc1[N+](=O)[O-]. The van der Waals surface area contributed by atoms with Crippen molar-refractivity contribution in [3.63, 3.8) is 0 Å². The molecule has 0 aromatic heterocycles. The summed E-state index contributed by atoms with van der Waals surface area (Å²) in [4.78, 5) is 20.8. The lowest BCUT2D eigenvalue weighted by atomic mass is 10.1. The van der Waals surface area contributed by atoms with Crippen molar-refractivity contribution in [1.29, 1.82) is 0 Å². The number of carboxylic acid groups (broad SMARTS) is 1. The second-order valence-corrected chi connectivity index (χ2v) is 4.77. The monoisotopic (exact) mass is 286 g/mol. The number of hydrogen-bond donors (Lipinski definition) is 2. The number of nitro benzene ring substituents is 1. The molecule has 7 heteroatoms. The molecule has 1 unspecified atom stereocenters. The molecule has 0 spiro atoms. The summed E-state index contributed by atoms with van der Waals surface area (Å²) in [5.74, 6) is -0.754. The number of halogens is 1. The minimum atomic E-state index is -0.847. The molecule has 104 valence electrons. The second kappa shape index (κ2) is 6.94. The summed E-state index contributed by atoms with van der Waals surface area (Å²) in [6, 6.07) is 4.29. The molecule has 0 saturated carbocycles. The summed E-state index contributed by atoms with van der Waals surface area (Å²) < 4.78 is 0. The molecule has 0 heterocycles. The van der Waals surface area contributed by atoms with Gasteiger partial charge < -0.3 is 10.4 Å². The highest BCUT2D eigenvalue weighted by molar-refractivity contribution is 6.31. The van der Waals surface area contributed by atoms with Crippen LogP contribution in [0.15, 0.2) is 18.2 Å². The highest BCUT2D eigenvalue weighted by atomic mass is 35.5. The summed E-state index contributed by atoms with van der Waals surface area (Å²) in [7, 11) is 0. The van der Waals surface area contributed by atoms with Gasteiger partial charge >= 0.3 is 5.97 Å². The summed E-state index contributed by atoms with van der Waals surface area (Å²) in [5.41, 5.74) is 0.300. The van der Waals surface area contributed by atoms with Crippen LogP contribution in [0.3, 0.4) is 0 Å². The van der Waals surface area contributed by atoms with Gasteiger partial charge in [-0.25, -0.2) is 0 Å². The zero-order valence-electron chi connectivity index (χ0n) is 10.4. The van der Waals surface area contributed by atoms with Crippen molar-refractivity contribution in [2.75, 3.05) is 11.9 Å². The molecule has 6 nitrogen and oxygen atoms in total. The first-order chi connectivity index (χ1) is 8.90. The molecule has 0 aliphatic rings. The highest BCUT2D eigenvalue weighted by Gasteiger charge is 2.14. The van der Waals surface area contributed by atoms with Crippen molar-refractivity contribution in [2.24, 2.45) is 5.92 Å².